The van der Waals surface area contributed by atoms with E-state index in [0.29, 0.717) is 12.2 Å². The van der Waals surface area contributed by atoms with Crippen LogP contribution < -0.4 is 5.32 Å². The number of allylic oxidation sites excluding steroid dienone is 3. The summed E-state index contributed by atoms with van der Waals surface area (Å²) in [4.78, 5) is 12.5. The summed E-state index contributed by atoms with van der Waals surface area (Å²) in [6.07, 6.45) is 15.6. The number of anilines is 1. The van der Waals surface area contributed by atoms with Crippen molar-refractivity contribution >= 4 is 11.5 Å². The van der Waals surface area contributed by atoms with Gasteiger partial charge in [0.25, 0.3) is 0 Å². The molecule has 0 spiro atoms. The van der Waals surface area contributed by atoms with Crippen molar-refractivity contribution in [1.82, 2.24) is 0 Å². The Hall–Kier alpha value is -2.61. The van der Waals surface area contributed by atoms with Gasteiger partial charge in [-0.25, -0.2) is 0 Å². The lowest BCUT2D eigenvalue weighted by Gasteiger charge is -2.19. The second-order valence-electron chi connectivity index (χ2n) is 8.68. The molecule has 31 heavy (non-hydrogen) atoms. The summed E-state index contributed by atoms with van der Waals surface area (Å²) in [6.45, 7) is 8.79. The van der Waals surface area contributed by atoms with Gasteiger partial charge in [0, 0.05) is 23.9 Å². The molecule has 1 aliphatic carbocycles. The summed E-state index contributed by atoms with van der Waals surface area (Å²) in [5.41, 5.74) is 8.49. The average molecular weight is 416 g/mol. The molecular weight excluding hydrogens is 378 g/mol. The lowest BCUT2D eigenvalue weighted by molar-refractivity contribution is 0.0994. The van der Waals surface area contributed by atoms with Gasteiger partial charge in [-0.2, -0.15) is 0 Å². The molecule has 3 rings (SSSR count). The Kier molecular flexibility index (Phi) is 8.28. The lowest BCUT2D eigenvalue weighted by Crippen LogP contribution is -2.02. The summed E-state index contributed by atoms with van der Waals surface area (Å²) in [5.74, 6) is 1.11. The Balaban J connectivity index is 1.97. The molecule has 0 saturated carbocycles. The van der Waals surface area contributed by atoms with Gasteiger partial charge in [0.2, 0.25) is 0 Å². The van der Waals surface area contributed by atoms with Crippen molar-refractivity contribution in [2.75, 3.05) is 5.32 Å². The minimum Gasteiger partial charge on any atom is -0.362 e. The van der Waals surface area contributed by atoms with Crippen LogP contribution in [0.2, 0.25) is 0 Å². The normalized spacial score (nSPS) is 13.6. The van der Waals surface area contributed by atoms with Gasteiger partial charge in [-0.05, 0) is 85.1 Å². The molecule has 1 aliphatic rings. The molecule has 0 heterocycles. The van der Waals surface area contributed by atoms with Crippen LogP contribution in [0.15, 0.2) is 54.8 Å². The van der Waals surface area contributed by atoms with E-state index in [0.717, 1.165) is 30.0 Å². The zero-order chi connectivity index (χ0) is 22.2. The molecule has 0 radical (unpaired) electrons. The number of carbonyl (C=O) groups excluding carboxylic acids is 1. The fraction of sp³-hybridized carbons (Fsp3) is 0.414. The summed E-state index contributed by atoms with van der Waals surface area (Å²) >= 11 is 0. The first-order valence-corrected chi connectivity index (χ1v) is 11.9. The minimum absolute atomic E-state index is 0.293. The second-order valence-corrected chi connectivity index (χ2v) is 8.68. The maximum absolute atomic E-state index is 12.5. The van der Waals surface area contributed by atoms with Crippen LogP contribution >= 0.6 is 0 Å². The largest absolute Gasteiger partial charge is 0.362 e. The molecule has 2 aromatic rings. The molecule has 0 aromatic heterocycles. The molecule has 0 unspecified atom stereocenters. The summed E-state index contributed by atoms with van der Waals surface area (Å²) in [7, 11) is 0. The van der Waals surface area contributed by atoms with E-state index in [4.69, 9.17) is 0 Å². The van der Waals surface area contributed by atoms with E-state index in [1.165, 1.54) is 53.5 Å². The Bertz CT molecular complexity index is 963. The zero-order valence-corrected chi connectivity index (χ0v) is 19.6. The standard InChI is InChI=1S/C29H37NO/c1-5-8-9-19-30-24-15-13-21(4)27(20-24)29-23(12-10-11-22(6-2)7-3)14-16-25-26(29)17-18-28(25)31/h5,8-9,13-16,19-20,22,30H,6-7,10-12,17-18H2,1-4H3/b8-5-,19-9-. The fourth-order valence-corrected chi connectivity index (χ4v) is 4.70. The number of rotatable bonds is 10. The highest BCUT2D eigenvalue weighted by atomic mass is 16.1. The quantitative estimate of drug-likeness (QED) is 0.398. The number of hydrogen-bond acceptors (Lipinski definition) is 2. The topological polar surface area (TPSA) is 29.1 Å². The highest BCUT2D eigenvalue weighted by Gasteiger charge is 2.25. The van der Waals surface area contributed by atoms with Crippen LogP contribution in [-0.4, -0.2) is 5.78 Å². The Morgan fingerprint density at radius 2 is 1.84 bits per heavy atom. The molecule has 0 atom stereocenters. The molecular formula is C29H37NO. The number of aryl methyl sites for hydroxylation is 2. The van der Waals surface area contributed by atoms with E-state index in [1.807, 2.05) is 31.4 Å². The monoisotopic (exact) mass is 415 g/mol. The van der Waals surface area contributed by atoms with E-state index in [1.54, 1.807) is 0 Å². The molecule has 0 saturated heterocycles. The van der Waals surface area contributed by atoms with Gasteiger partial charge in [0.1, 0.15) is 0 Å². The van der Waals surface area contributed by atoms with Crippen molar-refractivity contribution in [3.8, 4) is 11.1 Å². The van der Waals surface area contributed by atoms with Crippen LogP contribution in [0.5, 0.6) is 0 Å². The molecule has 2 nitrogen and oxygen atoms in total. The van der Waals surface area contributed by atoms with Crippen molar-refractivity contribution < 1.29 is 4.79 Å². The number of benzene rings is 2. The zero-order valence-electron chi connectivity index (χ0n) is 19.6. The maximum atomic E-state index is 12.5. The van der Waals surface area contributed by atoms with Crippen LogP contribution in [0.4, 0.5) is 5.69 Å². The van der Waals surface area contributed by atoms with Crippen molar-refractivity contribution in [1.29, 1.82) is 0 Å². The SMILES string of the molecule is C/C=C\C=C/Nc1ccc(C)c(-c2c(CCCC(CC)CC)ccc3c2CCC3=O)c1. The molecule has 0 aliphatic heterocycles. The minimum atomic E-state index is 0.293. The van der Waals surface area contributed by atoms with Crippen LogP contribution in [0.3, 0.4) is 0 Å². The van der Waals surface area contributed by atoms with Crippen LogP contribution in [0, 0.1) is 12.8 Å². The molecule has 164 valence electrons. The number of carbonyl (C=O) groups is 1. The third-order valence-corrected chi connectivity index (χ3v) is 6.67. The molecule has 0 bridgehead atoms. The average Bonchev–Trinajstić information content (AvgIpc) is 3.16. The van der Waals surface area contributed by atoms with E-state index >= 15 is 0 Å². The molecule has 0 fully saturated rings. The van der Waals surface area contributed by atoms with Gasteiger partial charge in [0.15, 0.2) is 5.78 Å². The number of ketones is 1. The molecule has 0 amide bonds. The third kappa shape index (κ3) is 5.55. The van der Waals surface area contributed by atoms with Crippen molar-refractivity contribution in [3.05, 3.63) is 77.0 Å². The maximum Gasteiger partial charge on any atom is 0.163 e. The van der Waals surface area contributed by atoms with Gasteiger partial charge in [0.05, 0.1) is 0 Å². The second kappa shape index (κ2) is 11.1. The van der Waals surface area contributed by atoms with E-state index in [-0.39, 0.29) is 0 Å². The van der Waals surface area contributed by atoms with Crippen LogP contribution in [0.1, 0.15) is 79.9 Å². The highest BCUT2D eigenvalue weighted by Crippen LogP contribution is 2.39. The fourth-order valence-electron chi connectivity index (χ4n) is 4.70. The first-order valence-electron chi connectivity index (χ1n) is 11.9. The summed E-state index contributed by atoms with van der Waals surface area (Å²) in [5, 5.41) is 3.39. The first kappa shape index (κ1) is 23.1. The Labute approximate surface area is 188 Å². The van der Waals surface area contributed by atoms with Gasteiger partial charge < -0.3 is 5.32 Å². The Morgan fingerprint density at radius 1 is 1.03 bits per heavy atom. The molecule has 1 N–H and O–H groups in total. The number of fused-ring (bicyclic) bond motifs is 1. The van der Waals surface area contributed by atoms with Gasteiger partial charge in [-0.1, -0.05) is 63.5 Å². The van der Waals surface area contributed by atoms with Crippen LogP contribution in [0.25, 0.3) is 11.1 Å². The summed E-state index contributed by atoms with van der Waals surface area (Å²) in [6, 6.07) is 10.9. The number of nitrogens with one attached hydrogen (secondary N) is 1. The predicted octanol–water partition coefficient (Wildman–Crippen LogP) is 8.05. The predicted molar refractivity (Wildman–Crippen MR) is 134 cm³/mol. The van der Waals surface area contributed by atoms with E-state index < -0.39 is 0 Å². The third-order valence-electron chi connectivity index (χ3n) is 6.67. The lowest BCUT2D eigenvalue weighted by atomic mass is 9.86. The smallest absolute Gasteiger partial charge is 0.163 e. The van der Waals surface area contributed by atoms with E-state index in [2.05, 4.69) is 56.4 Å². The summed E-state index contributed by atoms with van der Waals surface area (Å²) < 4.78 is 0. The van der Waals surface area contributed by atoms with Gasteiger partial charge in [-0.15, -0.1) is 0 Å². The Morgan fingerprint density at radius 3 is 2.58 bits per heavy atom. The molecule has 2 heteroatoms. The van der Waals surface area contributed by atoms with Crippen molar-refractivity contribution in [2.24, 2.45) is 5.92 Å². The highest BCUT2D eigenvalue weighted by molar-refractivity contribution is 6.03. The van der Waals surface area contributed by atoms with Crippen LogP contribution in [-0.2, 0) is 12.8 Å². The molecule has 2 aromatic carbocycles. The first-order chi connectivity index (χ1) is 15.1. The van der Waals surface area contributed by atoms with Crippen molar-refractivity contribution in [3.63, 3.8) is 0 Å². The number of Topliss-reactive ketones (excluding diaryl/α,β-unsaturated/α-hetero) is 1. The van der Waals surface area contributed by atoms with Gasteiger partial charge in [-0.3, -0.25) is 4.79 Å². The van der Waals surface area contributed by atoms with Crippen molar-refractivity contribution in [2.45, 2.75) is 72.6 Å². The van der Waals surface area contributed by atoms with Gasteiger partial charge >= 0.3 is 0 Å². The number of hydrogen-bond donors (Lipinski definition) is 1. The van der Waals surface area contributed by atoms with E-state index in [9.17, 15) is 4.79 Å².